The van der Waals surface area contributed by atoms with E-state index in [9.17, 15) is 4.79 Å². The van der Waals surface area contributed by atoms with E-state index in [0.29, 0.717) is 12.4 Å². The first-order valence-electron chi connectivity index (χ1n) is 6.64. The maximum atomic E-state index is 10.7. The van der Waals surface area contributed by atoms with Crippen LogP contribution in [0.4, 0.5) is 5.82 Å². The molecule has 1 aromatic carbocycles. The molecule has 1 atom stereocenters. The fourth-order valence-electron chi connectivity index (χ4n) is 1.86. The first-order chi connectivity index (χ1) is 10.1. The molecule has 0 spiro atoms. The Morgan fingerprint density at radius 2 is 2.19 bits per heavy atom. The highest BCUT2D eigenvalue weighted by Crippen LogP contribution is 2.21. The van der Waals surface area contributed by atoms with Crippen molar-refractivity contribution in [1.29, 1.82) is 0 Å². The van der Waals surface area contributed by atoms with Crippen LogP contribution in [0.2, 0.25) is 0 Å². The molecule has 0 bridgehead atoms. The molecule has 6 nitrogen and oxygen atoms in total. The molecule has 0 aliphatic carbocycles. The van der Waals surface area contributed by atoms with Crippen LogP contribution in [-0.2, 0) is 0 Å². The number of carboxylic acids is 1. The van der Waals surface area contributed by atoms with Gasteiger partial charge in [0.15, 0.2) is 5.69 Å². The highest BCUT2D eigenvalue weighted by molar-refractivity contribution is 5.84. The van der Waals surface area contributed by atoms with Gasteiger partial charge in [-0.2, -0.15) is 0 Å². The summed E-state index contributed by atoms with van der Waals surface area (Å²) in [6.07, 6.45) is 2.64. The van der Waals surface area contributed by atoms with Crippen LogP contribution in [0, 0.1) is 0 Å². The molecule has 0 aliphatic rings. The molecule has 110 valence electrons. The van der Waals surface area contributed by atoms with Crippen molar-refractivity contribution in [2.75, 3.05) is 11.9 Å². The molecule has 1 heterocycles. The molecule has 0 radical (unpaired) electrons. The summed E-state index contributed by atoms with van der Waals surface area (Å²) in [6.45, 7) is 4.54. The monoisotopic (exact) mass is 287 g/mol. The Labute approximate surface area is 122 Å². The first kappa shape index (κ1) is 14.8. The van der Waals surface area contributed by atoms with Crippen molar-refractivity contribution in [3.8, 4) is 5.75 Å². The van der Waals surface area contributed by atoms with Crippen LogP contribution < -0.4 is 10.1 Å². The van der Waals surface area contributed by atoms with Crippen molar-refractivity contribution in [3.63, 3.8) is 0 Å². The van der Waals surface area contributed by atoms with Crippen LogP contribution in [0.5, 0.6) is 5.75 Å². The zero-order valence-electron chi connectivity index (χ0n) is 11.9. The highest BCUT2D eigenvalue weighted by Gasteiger charge is 2.09. The second kappa shape index (κ2) is 6.69. The lowest BCUT2D eigenvalue weighted by Gasteiger charge is -2.15. The maximum Gasteiger partial charge on any atom is 0.356 e. The van der Waals surface area contributed by atoms with Crippen LogP contribution in [0.3, 0.4) is 0 Å². The standard InChI is InChI=1S/C15H17N3O3/c1-3-21-12-6-4-5-11(7-12)10(2)18-14-9-16-13(8-17-14)15(19)20/h4-10H,3H2,1-2H3,(H,17,18)(H,19,20). The molecule has 1 aromatic heterocycles. The average Bonchev–Trinajstić information content (AvgIpc) is 2.48. The lowest BCUT2D eigenvalue weighted by Crippen LogP contribution is -2.10. The topological polar surface area (TPSA) is 84.3 Å². The molecule has 21 heavy (non-hydrogen) atoms. The van der Waals surface area contributed by atoms with E-state index in [0.717, 1.165) is 11.3 Å². The van der Waals surface area contributed by atoms with Crippen LogP contribution in [0.25, 0.3) is 0 Å². The van der Waals surface area contributed by atoms with Crippen molar-refractivity contribution in [3.05, 3.63) is 47.9 Å². The van der Waals surface area contributed by atoms with Crippen LogP contribution in [0.1, 0.15) is 35.9 Å². The van der Waals surface area contributed by atoms with Gasteiger partial charge in [0.05, 0.1) is 25.0 Å². The average molecular weight is 287 g/mol. The quantitative estimate of drug-likeness (QED) is 0.849. The number of carboxylic acid groups (broad SMARTS) is 1. The summed E-state index contributed by atoms with van der Waals surface area (Å²) >= 11 is 0. The van der Waals surface area contributed by atoms with Gasteiger partial charge in [-0.05, 0) is 31.5 Å². The van der Waals surface area contributed by atoms with E-state index < -0.39 is 5.97 Å². The maximum absolute atomic E-state index is 10.7. The van der Waals surface area contributed by atoms with Gasteiger partial charge in [0.1, 0.15) is 11.6 Å². The number of hydrogen-bond donors (Lipinski definition) is 2. The minimum Gasteiger partial charge on any atom is -0.494 e. The van der Waals surface area contributed by atoms with E-state index >= 15 is 0 Å². The third-order valence-electron chi connectivity index (χ3n) is 2.90. The molecule has 1 unspecified atom stereocenters. The van der Waals surface area contributed by atoms with Gasteiger partial charge in [-0.15, -0.1) is 0 Å². The van der Waals surface area contributed by atoms with Gasteiger partial charge in [0, 0.05) is 0 Å². The van der Waals surface area contributed by atoms with Gasteiger partial charge < -0.3 is 15.2 Å². The largest absolute Gasteiger partial charge is 0.494 e. The number of aromatic nitrogens is 2. The molecule has 2 rings (SSSR count). The van der Waals surface area contributed by atoms with Gasteiger partial charge >= 0.3 is 5.97 Å². The Hall–Kier alpha value is -2.63. The van der Waals surface area contributed by atoms with E-state index in [4.69, 9.17) is 9.84 Å². The molecular formula is C15H17N3O3. The smallest absolute Gasteiger partial charge is 0.356 e. The van der Waals surface area contributed by atoms with Crippen molar-refractivity contribution >= 4 is 11.8 Å². The molecular weight excluding hydrogens is 270 g/mol. The molecule has 0 fully saturated rings. The minimum absolute atomic E-state index is 0.00427. The Bertz CT molecular complexity index is 614. The zero-order valence-corrected chi connectivity index (χ0v) is 11.9. The van der Waals surface area contributed by atoms with E-state index in [1.807, 2.05) is 38.1 Å². The molecule has 2 N–H and O–H groups in total. The normalized spacial score (nSPS) is 11.7. The third-order valence-corrected chi connectivity index (χ3v) is 2.90. The van der Waals surface area contributed by atoms with Crippen LogP contribution in [0.15, 0.2) is 36.7 Å². The SMILES string of the molecule is CCOc1cccc(C(C)Nc2cnc(C(=O)O)cn2)c1. The number of hydrogen-bond acceptors (Lipinski definition) is 5. The van der Waals surface area contributed by atoms with E-state index in [1.165, 1.54) is 12.4 Å². The molecule has 0 aliphatic heterocycles. The number of nitrogens with one attached hydrogen (secondary N) is 1. The Morgan fingerprint density at radius 1 is 1.38 bits per heavy atom. The van der Waals surface area contributed by atoms with Crippen molar-refractivity contribution in [2.24, 2.45) is 0 Å². The van der Waals surface area contributed by atoms with Crippen LogP contribution in [-0.4, -0.2) is 27.7 Å². The second-order valence-electron chi connectivity index (χ2n) is 4.46. The summed E-state index contributed by atoms with van der Waals surface area (Å²) in [5.74, 6) is 0.247. The number of rotatable bonds is 6. The zero-order chi connectivity index (χ0) is 15.2. The fraction of sp³-hybridized carbons (Fsp3) is 0.267. The number of benzene rings is 1. The summed E-state index contributed by atoms with van der Waals surface area (Å²) in [6, 6.07) is 7.77. The number of aromatic carboxylic acids is 1. The summed E-state index contributed by atoms with van der Waals surface area (Å²) in [5.41, 5.74) is 0.969. The molecule has 6 heteroatoms. The first-order valence-corrected chi connectivity index (χ1v) is 6.64. The number of nitrogens with zero attached hydrogens (tertiary/aromatic N) is 2. The molecule has 2 aromatic rings. The predicted octanol–water partition coefficient (Wildman–Crippen LogP) is 2.75. The summed E-state index contributed by atoms with van der Waals surface area (Å²) in [4.78, 5) is 18.6. The van der Waals surface area contributed by atoms with Crippen molar-refractivity contribution < 1.29 is 14.6 Å². The molecule has 0 saturated heterocycles. The highest BCUT2D eigenvalue weighted by atomic mass is 16.5. The molecule has 0 saturated carbocycles. The minimum atomic E-state index is -1.09. The fourth-order valence-corrected chi connectivity index (χ4v) is 1.86. The Morgan fingerprint density at radius 3 is 2.81 bits per heavy atom. The van der Waals surface area contributed by atoms with Gasteiger partial charge in [-0.3, -0.25) is 0 Å². The lowest BCUT2D eigenvalue weighted by atomic mass is 10.1. The predicted molar refractivity (Wildman–Crippen MR) is 78.6 cm³/mol. The Balaban J connectivity index is 2.08. The lowest BCUT2D eigenvalue weighted by molar-refractivity contribution is 0.0690. The van der Waals surface area contributed by atoms with Gasteiger partial charge in [0.25, 0.3) is 0 Å². The number of anilines is 1. The summed E-state index contributed by atoms with van der Waals surface area (Å²) < 4.78 is 5.47. The van der Waals surface area contributed by atoms with Gasteiger partial charge in [-0.25, -0.2) is 14.8 Å². The third kappa shape index (κ3) is 3.92. The van der Waals surface area contributed by atoms with Gasteiger partial charge in [-0.1, -0.05) is 12.1 Å². The number of carbonyl (C=O) groups is 1. The van der Waals surface area contributed by atoms with E-state index in [1.54, 1.807) is 0 Å². The molecule has 0 amide bonds. The van der Waals surface area contributed by atoms with Gasteiger partial charge in [0.2, 0.25) is 0 Å². The van der Waals surface area contributed by atoms with Crippen molar-refractivity contribution in [2.45, 2.75) is 19.9 Å². The van der Waals surface area contributed by atoms with Crippen molar-refractivity contribution in [1.82, 2.24) is 9.97 Å². The second-order valence-corrected chi connectivity index (χ2v) is 4.46. The summed E-state index contributed by atoms with van der Waals surface area (Å²) in [7, 11) is 0. The van der Waals surface area contributed by atoms with E-state index in [-0.39, 0.29) is 11.7 Å². The summed E-state index contributed by atoms with van der Waals surface area (Å²) in [5, 5.41) is 12.0. The van der Waals surface area contributed by atoms with Crippen LogP contribution >= 0.6 is 0 Å². The number of ether oxygens (including phenoxy) is 1. The van der Waals surface area contributed by atoms with E-state index in [2.05, 4.69) is 15.3 Å². The Kier molecular flexibility index (Phi) is 4.71.